The van der Waals surface area contributed by atoms with Gasteiger partial charge in [-0.1, -0.05) is 0 Å². The van der Waals surface area contributed by atoms with E-state index in [-0.39, 0.29) is 11.2 Å². The number of benzene rings is 1. The summed E-state index contributed by atoms with van der Waals surface area (Å²) in [7, 11) is 3.99. The molecule has 0 saturated heterocycles. The smallest absolute Gasteiger partial charge is 0.202 e. The van der Waals surface area contributed by atoms with Crippen molar-refractivity contribution in [3.63, 3.8) is 0 Å². The molecule has 0 bridgehead atoms. The average molecular weight is 331 g/mol. The number of hydrogen-bond acceptors (Lipinski definition) is 5. The predicted molar refractivity (Wildman–Crippen MR) is 91.2 cm³/mol. The van der Waals surface area contributed by atoms with E-state index in [9.17, 15) is 9.90 Å². The van der Waals surface area contributed by atoms with Crippen molar-refractivity contribution in [2.75, 3.05) is 14.1 Å². The fourth-order valence-corrected chi connectivity index (χ4v) is 3.29. The number of phenols is 1. The van der Waals surface area contributed by atoms with Crippen LogP contribution in [0.4, 0.5) is 0 Å². The number of hydrogen-bond donors (Lipinski definition) is 2. The summed E-state index contributed by atoms with van der Waals surface area (Å²) in [6.45, 7) is 4.29. The normalized spacial score (nSPS) is 11.5. The van der Waals surface area contributed by atoms with Crippen molar-refractivity contribution < 1.29 is 14.4 Å². The lowest BCUT2D eigenvalue weighted by molar-refractivity contribution is -0.872. The van der Waals surface area contributed by atoms with Gasteiger partial charge >= 0.3 is 0 Å². The molecule has 0 aliphatic carbocycles. The molecule has 2 heterocycles. The van der Waals surface area contributed by atoms with Gasteiger partial charge in [-0.25, -0.2) is 4.98 Å². The highest BCUT2D eigenvalue weighted by atomic mass is 32.1. The van der Waals surface area contributed by atoms with Crippen LogP contribution in [0, 0.1) is 13.8 Å². The van der Waals surface area contributed by atoms with Gasteiger partial charge in [0.05, 0.1) is 35.7 Å². The van der Waals surface area contributed by atoms with E-state index in [1.807, 2.05) is 26.4 Å². The van der Waals surface area contributed by atoms with Crippen LogP contribution in [0.2, 0.25) is 0 Å². The maximum atomic E-state index is 12.9. The number of thiazole rings is 1. The maximum absolute atomic E-state index is 12.9. The van der Waals surface area contributed by atoms with Crippen molar-refractivity contribution in [1.29, 1.82) is 0 Å². The van der Waals surface area contributed by atoms with E-state index in [1.54, 1.807) is 13.0 Å². The molecule has 120 valence electrons. The number of aryl methyl sites for hydroxylation is 2. The second kappa shape index (κ2) is 5.79. The fourth-order valence-electron chi connectivity index (χ4n) is 2.67. The van der Waals surface area contributed by atoms with Crippen LogP contribution in [-0.2, 0) is 6.54 Å². The Kier molecular flexibility index (Phi) is 3.95. The third kappa shape index (κ3) is 2.75. The Morgan fingerprint density at radius 2 is 2.09 bits per heavy atom. The van der Waals surface area contributed by atoms with E-state index in [1.165, 1.54) is 17.6 Å². The van der Waals surface area contributed by atoms with E-state index in [2.05, 4.69) is 4.98 Å². The molecule has 0 aliphatic heterocycles. The molecule has 2 aromatic heterocycles. The van der Waals surface area contributed by atoms with Crippen LogP contribution in [0.15, 0.2) is 26.9 Å². The zero-order valence-electron chi connectivity index (χ0n) is 13.6. The van der Waals surface area contributed by atoms with Crippen molar-refractivity contribution in [3.8, 4) is 17.0 Å². The van der Waals surface area contributed by atoms with Gasteiger partial charge in [0.2, 0.25) is 5.43 Å². The lowest BCUT2D eigenvalue weighted by atomic mass is 10.0. The van der Waals surface area contributed by atoms with Crippen molar-refractivity contribution in [3.05, 3.63) is 44.1 Å². The molecule has 0 fully saturated rings. The maximum Gasteiger partial charge on any atom is 0.202 e. The lowest BCUT2D eigenvalue weighted by Crippen LogP contribution is -3.04. The van der Waals surface area contributed by atoms with Gasteiger partial charge in [-0.15, -0.1) is 11.3 Å². The number of fused-ring (bicyclic) bond motifs is 1. The van der Waals surface area contributed by atoms with Gasteiger partial charge in [-0.3, -0.25) is 4.79 Å². The van der Waals surface area contributed by atoms with E-state index >= 15 is 0 Å². The van der Waals surface area contributed by atoms with Crippen LogP contribution in [0.5, 0.6) is 5.75 Å². The minimum absolute atomic E-state index is 0.116. The summed E-state index contributed by atoms with van der Waals surface area (Å²) >= 11 is 1.50. The fraction of sp³-hybridized carbons (Fsp3) is 0.294. The summed E-state index contributed by atoms with van der Waals surface area (Å²) in [6.07, 6.45) is 1.43. The number of quaternary nitrogens is 1. The Bertz CT molecular complexity index is 941. The Morgan fingerprint density at radius 3 is 2.70 bits per heavy atom. The van der Waals surface area contributed by atoms with Crippen LogP contribution in [0.25, 0.3) is 22.2 Å². The minimum Gasteiger partial charge on any atom is -0.507 e. The summed E-state index contributed by atoms with van der Waals surface area (Å²) in [5, 5.41) is 13.6. The summed E-state index contributed by atoms with van der Waals surface area (Å²) in [6, 6.07) is 1.74. The molecule has 0 radical (unpaired) electrons. The van der Waals surface area contributed by atoms with Crippen LogP contribution in [0.3, 0.4) is 0 Å². The molecule has 0 spiro atoms. The van der Waals surface area contributed by atoms with E-state index in [0.717, 1.165) is 15.5 Å². The second-order valence-electron chi connectivity index (χ2n) is 6.00. The molecule has 0 saturated carbocycles. The second-order valence-corrected chi connectivity index (χ2v) is 7.06. The molecule has 0 atom stereocenters. The predicted octanol–water partition coefficient (Wildman–Crippen LogP) is 1.88. The first kappa shape index (κ1) is 15.7. The highest BCUT2D eigenvalue weighted by Crippen LogP contribution is 2.30. The molecule has 6 heteroatoms. The Morgan fingerprint density at radius 1 is 1.35 bits per heavy atom. The summed E-state index contributed by atoms with van der Waals surface area (Å²) in [5.74, 6) is 0.194. The number of nitrogens with zero attached hydrogens (tertiary/aromatic N) is 1. The van der Waals surface area contributed by atoms with Gasteiger partial charge in [0, 0.05) is 16.5 Å². The molecule has 23 heavy (non-hydrogen) atoms. The van der Waals surface area contributed by atoms with Gasteiger partial charge in [0.1, 0.15) is 24.1 Å². The van der Waals surface area contributed by atoms with Crippen LogP contribution >= 0.6 is 11.3 Å². The molecule has 3 aromatic rings. The zero-order valence-corrected chi connectivity index (χ0v) is 14.4. The van der Waals surface area contributed by atoms with Crippen LogP contribution < -0.4 is 10.3 Å². The number of rotatable bonds is 3. The quantitative estimate of drug-likeness (QED) is 0.769. The van der Waals surface area contributed by atoms with Crippen molar-refractivity contribution in [2.45, 2.75) is 20.4 Å². The van der Waals surface area contributed by atoms with Crippen molar-refractivity contribution in [1.82, 2.24) is 4.98 Å². The van der Waals surface area contributed by atoms with Gasteiger partial charge < -0.3 is 14.4 Å². The first-order valence-electron chi connectivity index (χ1n) is 7.37. The van der Waals surface area contributed by atoms with Crippen molar-refractivity contribution >= 4 is 22.3 Å². The van der Waals surface area contributed by atoms with Crippen molar-refractivity contribution in [2.24, 2.45) is 0 Å². The highest BCUT2D eigenvalue weighted by molar-refractivity contribution is 7.09. The third-order valence-electron chi connectivity index (χ3n) is 3.79. The molecule has 0 unspecified atom stereocenters. The third-order valence-corrected chi connectivity index (χ3v) is 4.56. The zero-order chi connectivity index (χ0) is 16.7. The first-order valence-corrected chi connectivity index (χ1v) is 8.25. The molecule has 3 rings (SSSR count). The topological polar surface area (TPSA) is 67.8 Å². The monoisotopic (exact) mass is 331 g/mol. The number of aromatic hydroxyl groups is 1. The lowest BCUT2D eigenvalue weighted by Gasteiger charge is -2.12. The SMILES string of the molecule is Cc1nc(-c2coc3c(C)c(O)c(C[NH+](C)C)cc3c2=O)cs1. The minimum atomic E-state index is -0.116. The average Bonchev–Trinajstić information content (AvgIpc) is 2.91. The molecular weight excluding hydrogens is 312 g/mol. The molecule has 2 N–H and O–H groups in total. The van der Waals surface area contributed by atoms with E-state index in [4.69, 9.17) is 4.42 Å². The Hall–Kier alpha value is -2.18. The van der Waals surface area contributed by atoms with Gasteiger partial charge in [0.25, 0.3) is 0 Å². The standard InChI is InChI=1S/C17H18N2O3S/c1-9-15(20)11(6-19(3)4)5-12-16(21)13(7-22-17(9)12)14-8-23-10(2)18-14/h5,7-8,20H,6H2,1-4H3/p+1. The van der Waals surface area contributed by atoms with Gasteiger partial charge in [-0.05, 0) is 19.9 Å². The van der Waals surface area contributed by atoms with Gasteiger partial charge in [0.15, 0.2) is 0 Å². The van der Waals surface area contributed by atoms with Crippen LogP contribution in [-0.4, -0.2) is 24.2 Å². The van der Waals surface area contributed by atoms with Crippen LogP contribution in [0.1, 0.15) is 16.1 Å². The molecule has 5 nitrogen and oxygen atoms in total. The summed E-state index contributed by atoms with van der Waals surface area (Å²) < 4.78 is 5.66. The van der Waals surface area contributed by atoms with E-state index < -0.39 is 0 Å². The molecule has 1 aromatic carbocycles. The molecular formula is C17H19N2O3S+. The van der Waals surface area contributed by atoms with E-state index in [0.29, 0.717) is 34.3 Å². The number of phenolic OH excluding ortho intramolecular Hbond substituents is 1. The summed E-state index contributed by atoms with van der Waals surface area (Å²) in [4.78, 5) is 18.4. The Balaban J connectivity index is 2.28. The number of aromatic nitrogens is 1. The molecule has 0 amide bonds. The number of nitrogens with one attached hydrogen (secondary N) is 1. The highest BCUT2D eigenvalue weighted by Gasteiger charge is 2.18. The first-order chi connectivity index (χ1) is 10.9. The largest absolute Gasteiger partial charge is 0.507 e. The molecule has 0 aliphatic rings. The summed E-state index contributed by atoms with van der Waals surface area (Å²) in [5.41, 5.74) is 2.74. The Labute approximate surface area is 137 Å². The van der Waals surface area contributed by atoms with Gasteiger partial charge in [-0.2, -0.15) is 0 Å².